The van der Waals surface area contributed by atoms with Crippen molar-refractivity contribution in [2.75, 3.05) is 0 Å². The van der Waals surface area contributed by atoms with Crippen LogP contribution in [0.2, 0.25) is 0 Å². The largest absolute Gasteiger partial charge is 0.673 e. The molecule has 0 spiro atoms. The number of benzene rings is 1. The third kappa shape index (κ3) is 6.80. The number of alkyl halides is 3. The average molecular weight is 360 g/mol. The van der Waals surface area contributed by atoms with E-state index in [2.05, 4.69) is 6.92 Å². The lowest BCUT2D eigenvalue weighted by molar-refractivity contribution is -0.0867. The molecule has 0 aliphatic heterocycles. The van der Waals surface area contributed by atoms with Crippen molar-refractivity contribution in [1.29, 1.82) is 0 Å². The molecule has 1 unspecified atom stereocenters. The van der Waals surface area contributed by atoms with Crippen LogP contribution in [-0.4, -0.2) is 7.25 Å². The van der Waals surface area contributed by atoms with Gasteiger partial charge in [-0.3, -0.25) is 0 Å². The summed E-state index contributed by atoms with van der Waals surface area (Å²) in [6, 6.07) is 8.60. The summed E-state index contributed by atoms with van der Waals surface area (Å²) in [6.07, 6.45) is 3.42. The minimum Gasteiger partial charge on any atom is -0.418 e. The van der Waals surface area contributed by atoms with Crippen molar-refractivity contribution in [3.05, 3.63) is 35.2 Å². The van der Waals surface area contributed by atoms with Crippen molar-refractivity contribution in [1.82, 2.24) is 0 Å². The Morgan fingerprint density at radius 1 is 1.00 bits per heavy atom. The number of halogens is 7. The van der Waals surface area contributed by atoms with E-state index in [1.54, 1.807) is 30.3 Å². The van der Waals surface area contributed by atoms with E-state index >= 15 is 0 Å². The van der Waals surface area contributed by atoms with Gasteiger partial charge in [-0.15, -0.1) is 13.2 Å². The molecular weight excluding hydrogens is 344 g/mol. The molecule has 0 amide bonds. The van der Waals surface area contributed by atoms with Crippen LogP contribution < -0.4 is 0 Å². The van der Waals surface area contributed by atoms with Gasteiger partial charge in [0.1, 0.15) is 0 Å². The van der Waals surface area contributed by atoms with Gasteiger partial charge in [-0.25, -0.2) is 0 Å². The molecule has 23 heavy (non-hydrogen) atoms. The molecule has 2 aromatic rings. The van der Waals surface area contributed by atoms with Gasteiger partial charge in [0.2, 0.25) is 0 Å². The molecule has 0 saturated carbocycles. The van der Waals surface area contributed by atoms with Crippen LogP contribution in [0, 0.1) is 0 Å². The van der Waals surface area contributed by atoms with Crippen LogP contribution in [0.15, 0.2) is 30.3 Å². The van der Waals surface area contributed by atoms with E-state index in [0.29, 0.717) is 16.0 Å². The van der Waals surface area contributed by atoms with E-state index in [1.807, 2.05) is 0 Å². The van der Waals surface area contributed by atoms with E-state index in [0.717, 1.165) is 24.6 Å². The Balaban J connectivity index is 0.000000463. The summed E-state index contributed by atoms with van der Waals surface area (Å²) in [4.78, 5) is 0.553. The lowest BCUT2D eigenvalue weighted by atomic mass is 10.1. The summed E-state index contributed by atoms with van der Waals surface area (Å²) >= 11 is 0. The summed E-state index contributed by atoms with van der Waals surface area (Å²) in [5.74, 6) is 0. The highest BCUT2D eigenvalue weighted by Gasteiger charge is 2.47. The lowest BCUT2D eigenvalue weighted by Gasteiger charge is -2.00. The highest BCUT2D eigenvalue weighted by Crippen LogP contribution is 2.51. The third-order valence-corrected chi connectivity index (χ3v) is 5.10. The van der Waals surface area contributed by atoms with Gasteiger partial charge in [0.05, 0.1) is 10.5 Å². The average Bonchev–Trinajstić information content (AvgIpc) is 2.75. The first-order valence-electron chi connectivity index (χ1n) is 7.02. The Labute approximate surface area is 132 Å². The van der Waals surface area contributed by atoms with E-state index in [9.17, 15) is 30.4 Å². The molecule has 0 nitrogen and oxygen atoms in total. The van der Waals surface area contributed by atoms with Crippen LogP contribution in [0.4, 0.5) is 30.4 Å². The van der Waals surface area contributed by atoms with Crippen molar-refractivity contribution in [2.24, 2.45) is 0 Å². The number of thiophene rings is 1. The standard InChI is InChI=1S/C14H16F3S.BF4/c1-2-3-4-8-12-10-11-7-5-6-9-13(11)18(12)14(15,16)17;2-1(3,4)5/h5-7,9-10H,2-4,8H2,1H3;/q+1;-1. The van der Waals surface area contributed by atoms with E-state index < -0.39 is 23.2 Å². The molecule has 1 aromatic carbocycles. The molecule has 130 valence electrons. The van der Waals surface area contributed by atoms with Gasteiger partial charge >= 0.3 is 12.8 Å². The third-order valence-electron chi connectivity index (χ3n) is 2.98. The molecule has 2 rings (SSSR count). The van der Waals surface area contributed by atoms with E-state index in [-0.39, 0.29) is 0 Å². The first-order chi connectivity index (χ1) is 10.5. The molecule has 0 aliphatic rings. The Hall–Kier alpha value is -1.25. The molecule has 1 aromatic heterocycles. The number of fused-ring (bicyclic) bond motifs is 1. The SMILES string of the molecule is CCCCCc1cc2ccccc2[s+]1C(F)(F)F.F[B-](F)(F)F. The van der Waals surface area contributed by atoms with Crippen LogP contribution >= 0.6 is 10.5 Å². The fraction of sp³-hybridized carbons (Fsp3) is 0.429. The van der Waals surface area contributed by atoms with Gasteiger partial charge in [0.25, 0.3) is 0 Å². The van der Waals surface area contributed by atoms with Crippen LogP contribution in [0.5, 0.6) is 0 Å². The Morgan fingerprint density at radius 2 is 1.57 bits per heavy atom. The van der Waals surface area contributed by atoms with Gasteiger partial charge in [0, 0.05) is 17.9 Å². The quantitative estimate of drug-likeness (QED) is 0.236. The predicted octanol–water partition coefficient (Wildman–Crippen LogP) is 7.10. The highest BCUT2D eigenvalue weighted by molar-refractivity contribution is 7.38. The lowest BCUT2D eigenvalue weighted by Crippen LogP contribution is -2.02. The molecule has 0 N–H and O–H groups in total. The van der Waals surface area contributed by atoms with E-state index in [4.69, 9.17) is 0 Å². The van der Waals surface area contributed by atoms with Gasteiger partial charge in [-0.1, -0.05) is 31.9 Å². The first-order valence-corrected chi connectivity index (χ1v) is 8.24. The zero-order valence-corrected chi connectivity index (χ0v) is 13.2. The molecule has 1 atom stereocenters. The first kappa shape index (κ1) is 19.8. The van der Waals surface area contributed by atoms with Gasteiger partial charge < -0.3 is 17.3 Å². The summed E-state index contributed by atoms with van der Waals surface area (Å²) in [7, 11) is -7.70. The Kier molecular flexibility index (Phi) is 6.92. The number of hydrogen-bond acceptors (Lipinski definition) is 0. The minimum absolute atomic E-state index is 0.441. The molecule has 0 aliphatic carbocycles. The van der Waals surface area contributed by atoms with Crippen molar-refractivity contribution < 1.29 is 30.4 Å². The maximum Gasteiger partial charge on any atom is 0.673 e. The normalized spacial score (nSPS) is 13.0. The summed E-state index contributed by atoms with van der Waals surface area (Å²) in [5.41, 5.74) is -4.15. The second-order valence-corrected chi connectivity index (χ2v) is 6.89. The molecule has 0 saturated heterocycles. The monoisotopic (exact) mass is 360 g/mol. The van der Waals surface area contributed by atoms with Crippen LogP contribution in [0.25, 0.3) is 10.1 Å². The van der Waals surface area contributed by atoms with Crippen molar-refractivity contribution >= 4 is 27.8 Å². The summed E-state index contributed by atoms with van der Waals surface area (Å²) in [5, 5.41) is 0.740. The van der Waals surface area contributed by atoms with Gasteiger partial charge in [-0.2, -0.15) is 0 Å². The number of hydrogen-bond donors (Lipinski definition) is 0. The smallest absolute Gasteiger partial charge is 0.418 e. The minimum atomic E-state index is -6.00. The fourth-order valence-electron chi connectivity index (χ4n) is 2.16. The molecule has 0 bridgehead atoms. The maximum atomic E-state index is 13.2. The number of aryl methyl sites for hydroxylation is 1. The van der Waals surface area contributed by atoms with Crippen LogP contribution in [0.1, 0.15) is 31.1 Å². The van der Waals surface area contributed by atoms with Crippen molar-refractivity contribution in [2.45, 2.75) is 38.1 Å². The molecule has 1 heterocycles. The summed E-state index contributed by atoms with van der Waals surface area (Å²) < 4.78 is 79.0. The molecule has 0 fully saturated rings. The van der Waals surface area contributed by atoms with Crippen molar-refractivity contribution in [3.8, 4) is 0 Å². The number of unbranched alkanes of at least 4 members (excludes halogenated alkanes) is 2. The Morgan fingerprint density at radius 3 is 2.09 bits per heavy atom. The van der Waals surface area contributed by atoms with Crippen LogP contribution in [-0.2, 0) is 11.9 Å². The molecule has 9 heteroatoms. The van der Waals surface area contributed by atoms with Gasteiger partial charge in [-0.05, 0) is 18.6 Å². The maximum absolute atomic E-state index is 13.2. The van der Waals surface area contributed by atoms with Crippen LogP contribution in [0.3, 0.4) is 0 Å². The zero-order chi connectivity index (χ0) is 17.7. The Bertz CT molecular complexity index is 610. The number of rotatable bonds is 4. The van der Waals surface area contributed by atoms with E-state index in [1.165, 1.54) is 0 Å². The second-order valence-electron chi connectivity index (χ2n) is 4.85. The summed E-state index contributed by atoms with van der Waals surface area (Å²) in [6.45, 7) is 2.06. The van der Waals surface area contributed by atoms with Gasteiger partial charge in [0.15, 0.2) is 9.58 Å². The zero-order valence-electron chi connectivity index (χ0n) is 12.3. The van der Waals surface area contributed by atoms with Crippen molar-refractivity contribution in [3.63, 3.8) is 0 Å². The molecule has 0 radical (unpaired) electrons. The second kappa shape index (κ2) is 8.03. The predicted molar refractivity (Wildman–Crippen MR) is 81.1 cm³/mol. The molecular formula is C14H16BF7S. The highest BCUT2D eigenvalue weighted by atomic mass is 32.2. The fourth-order valence-corrected chi connectivity index (χ4v) is 4.16. The topological polar surface area (TPSA) is 0 Å².